The van der Waals surface area contributed by atoms with Crippen LogP contribution in [0.5, 0.6) is 0 Å². The third kappa shape index (κ3) is 13.9. The summed E-state index contributed by atoms with van der Waals surface area (Å²) in [6.45, 7) is 7.58. The lowest BCUT2D eigenvalue weighted by molar-refractivity contribution is -0.0478. The van der Waals surface area contributed by atoms with Crippen LogP contribution in [-0.2, 0) is 14.8 Å². The zero-order chi connectivity index (χ0) is 14.2. The first-order valence-electron chi connectivity index (χ1n) is 6.07. The molecule has 0 aromatic carbocycles. The highest BCUT2D eigenvalue weighted by Crippen LogP contribution is 2.06. The Balaban J connectivity index is 3.44. The van der Waals surface area contributed by atoms with Gasteiger partial charge in [-0.3, -0.25) is 0 Å². The molecule has 0 heterocycles. The van der Waals surface area contributed by atoms with Crippen molar-refractivity contribution in [2.45, 2.75) is 38.9 Å². The van der Waals surface area contributed by atoms with E-state index in [1.54, 1.807) is 0 Å². The van der Waals surface area contributed by atoms with Gasteiger partial charge in [-0.2, -0.15) is 0 Å². The molecule has 1 atom stereocenters. The standard InChI is InChI=1S/C11H26N2O4S/c1-11(2,3)17-9-10(14)8-12-6-5-7-13-18(4,15)16/h10,12-14H,5-9H2,1-4H3. The Kier molecular flexibility index (Phi) is 7.97. The summed E-state index contributed by atoms with van der Waals surface area (Å²) in [5.41, 5.74) is -0.250. The van der Waals surface area contributed by atoms with E-state index in [0.29, 0.717) is 26.1 Å². The second kappa shape index (κ2) is 8.06. The van der Waals surface area contributed by atoms with Gasteiger partial charge in [0.05, 0.1) is 24.6 Å². The second-order valence-corrected chi connectivity index (χ2v) is 7.13. The van der Waals surface area contributed by atoms with E-state index in [2.05, 4.69) is 10.0 Å². The fourth-order valence-corrected chi connectivity index (χ4v) is 1.66. The number of hydrogen-bond acceptors (Lipinski definition) is 5. The molecule has 0 saturated heterocycles. The van der Waals surface area contributed by atoms with Gasteiger partial charge < -0.3 is 15.2 Å². The number of hydrogen-bond donors (Lipinski definition) is 3. The lowest BCUT2D eigenvalue weighted by Crippen LogP contribution is -2.35. The summed E-state index contributed by atoms with van der Waals surface area (Å²) in [4.78, 5) is 0. The Morgan fingerprint density at radius 3 is 2.39 bits per heavy atom. The average molecular weight is 282 g/mol. The van der Waals surface area contributed by atoms with Crippen LogP contribution in [0.1, 0.15) is 27.2 Å². The Morgan fingerprint density at radius 1 is 1.28 bits per heavy atom. The van der Waals surface area contributed by atoms with E-state index in [1.807, 2.05) is 20.8 Å². The van der Waals surface area contributed by atoms with E-state index in [0.717, 1.165) is 6.26 Å². The highest BCUT2D eigenvalue weighted by molar-refractivity contribution is 7.88. The van der Waals surface area contributed by atoms with Crippen molar-refractivity contribution in [1.82, 2.24) is 10.0 Å². The van der Waals surface area contributed by atoms with Gasteiger partial charge in [0.1, 0.15) is 0 Å². The Morgan fingerprint density at radius 2 is 1.89 bits per heavy atom. The maximum Gasteiger partial charge on any atom is 0.208 e. The van der Waals surface area contributed by atoms with Crippen molar-refractivity contribution in [3.63, 3.8) is 0 Å². The first-order valence-corrected chi connectivity index (χ1v) is 7.97. The topological polar surface area (TPSA) is 87.7 Å². The van der Waals surface area contributed by atoms with Gasteiger partial charge in [-0.05, 0) is 33.7 Å². The van der Waals surface area contributed by atoms with Gasteiger partial charge in [0, 0.05) is 13.1 Å². The third-order valence-corrected chi connectivity index (χ3v) is 2.71. The van der Waals surface area contributed by atoms with E-state index < -0.39 is 16.1 Å². The summed E-state index contributed by atoms with van der Waals surface area (Å²) < 4.78 is 29.4. The molecule has 0 fully saturated rings. The summed E-state index contributed by atoms with van der Waals surface area (Å²) in [7, 11) is -3.10. The molecular formula is C11H26N2O4S. The minimum Gasteiger partial charge on any atom is -0.389 e. The number of rotatable bonds is 9. The zero-order valence-corrected chi connectivity index (χ0v) is 12.5. The quantitative estimate of drug-likeness (QED) is 0.505. The molecule has 0 bridgehead atoms. The molecule has 0 amide bonds. The molecule has 3 N–H and O–H groups in total. The molecular weight excluding hydrogens is 256 g/mol. The molecule has 0 aliphatic carbocycles. The van der Waals surface area contributed by atoms with E-state index >= 15 is 0 Å². The first-order chi connectivity index (χ1) is 8.10. The lowest BCUT2D eigenvalue weighted by Gasteiger charge is -2.22. The van der Waals surface area contributed by atoms with Gasteiger partial charge in [-0.15, -0.1) is 0 Å². The number of sulfonamides is 1. The monoisotopic (exact) mass is 282 g/mol. The SMILES string of the molecule is CC(C)(C)OCC(O)CNCCCNS(C)(=O)=O. The molecule has 6 nitrogen and oxygen atoms in total. The van der Waals surface area contributed by atoms with Crippen LogP contribution in [0.25, 0.3) is 0 Å². The number of ether oxygens (including phenoxy) is 1. The van der Waals surface area contributed by atoms with Crippen LogP contribution in [0.15, 0.2) is 0 Å². The van der Waals surface area contributed by atoms with Crippen LogP contribution in [0, 0.1) is 0 Å². The van der Waals surface area contributed by atoms with Crippen molar-refractivity contribution in [2.24, 2.45) is 0 Å². The van der Waals surface area contributed by atoms with E-state index in [-0.39, 0.29) is 12.2 Å². The van der Waals surface area contributed by atoms with Crippen molar-refractivity contribution < 1.29 is 18.3 Å². The van der Waals surface area contributed by atoms with Crippen LogP contribution in [-0.4, -0.2) is 57.7 Å². The fourth-order valence-electron chi connectivity index (χ4n) is 1.14. The first kappa shape index (κ1) is 17.8. The molecule has 0 rings (SSSR count). The zero-order valence-electron chi connectivity index (χ0n) is 11.7. The highest BCUT2D eigenvalue weighted by Gasteiger charge is 2.13. The molecule has 1 unspecified atom stereocenters. The van der Waals surface area contributed by atoms with E-state index in [4.69, 9.17) is 4.74 Å². The van der Waals surface area contributed by atoms with Crippen molar-refractivity contribution in [2.75, 3.05) is 32.5 Å². The summed E-state index contributed by atoms with van der Waals surface area (Å²) in [5.74, 6) is 0. The molecule has 0 aromatic rings. The summed E-state index contributed by atoms with van der Waals surface area (Å²) in [5, 5.41) is 12.6. The molecule has 110 valence electrons. The predicted molar refractivity (Wildman–Crippen MR) is 72.0 cm³/mol. The van der Waals surface area contributed by atoms with Crippen LogP contribution in [0.2, 0.25) is 0 Å². The average Bonchev–Trinajstić information content (AvgIpc) is 2.17. The Bertz CT molecular complexity index is 311. The minimum atomic E-state index is -3.10. The van der Waals surface area contributed by atoms with Gasteiger partial charge in [-0.1, -0.05) is 0 Å². The number of aliphatic hydroxyl groups excluding tert-OH is 1. The van der Waals surface area contributed by atoms with Gasteiger partial charge in [0.25, 0.3) is 0 Å². The van der Waals surface area contributed by atoms with Crippen LogP contribution in [0.4, 0.5) is 0 Å². The van der Waals surface area contributed by atoms with Gasteiger partial charge in [0.15, 0.2) is 0 Å². The van der Waals surface area contributed by atoms with Crippen LogP contribution in [0.3, 0.4) is 0 Å². The molecule has 0 aliphatic rings. The summed E-state index contributed by atoms with van der Waals surface area (Å²) in [6.07, 6.45) is 1.26. The van der Waals surface area contributed by atoms with Crippen LogP contribution < -0.4 is 10.0 Å². The number of nitrogens with one attached hydrogen (secondary N) is 2. The summed E-state index contributed by atoms with van der Waals surface area (Å²) in [6, 6.07) is 0. The molecule has 0 aromatic heterocycles. The van der Waals surface area contributed by atoms with Crippen molar-refractivity contribution in [3.05, 3.63) is 0 Å². The molecule has 0 radical (unpaired) electrons. The highest BCUT2D eigenvalue weighted by atomic mass is 32.2. The normalized spacial score (nSPS) is 14.7. The third-order valence-electron chi connectivity index (χ3n) is 1.98. The van der Waals surface area contributed by atoms with E-state index in [1.165, 1.54) is 0 Å². The molecule has 18 heavy (non-hydrogen) atoms. The number of aliphatic hydroxyl groups is 1. The summed E-state index contributed by atoms with van der Waals surface area (Å²) >= 11 is 0. The molecule has 0 saturated carbocycles. The van der Waals surface area contributed by atoms with Gasteiger partial charge >= 0.3 is 0 Å². The Labute approximate surface area is 110 Å². The molecule has 7 heteroatoms. The molecule has 0 aliphatic heterocycles. The Hall–Kier alpha value is -0.210. The van der Waals surface area contributed by atoms with E-state index in [9.17, 15) is 13.5 Å². The maximum atomic E-state index is 10.8. The molecule has 0 spiro atoms. The van der Waals surface area contributed by atoms with Crippen molar-refractivity contribution in [3.8, 4) is 0 Å². The fraction of sp³-hybridized carbons (Fsp3) is 1.00. The lowest BCUT2D eigenvalue weighted by atomic mass is 10.2. The predicted octanol–water partition coefficient (Wildman–Crippen LogP) is -0.309. The van der Waals surface area contributed by atoms with Gasteiger partial charge in [-0.25, -0.2) is 13.1 Å². The van der Waals surface area contributed by atoms with Gasteiger partial charge in [0.2, 0.25) is 10.0 Å². The second-order valence-electron chi connectivity index (χ2n) is 5.30. The smallest absolute Gasteiger partial charge is 0.208 e. The minimum absolute atomic E-state index is 0.250. The van der Waals surface area contributed by atoms with Crippen molar-refractivity contribution in [1.29, 1.82) is 0 Å². The van der Waals surface area contributed by atoms with Crippen molar-refractivity contribution >= 4 is 10.0 Å². The van der Waals surface area contributed by atoms with Crippen LogP contribution >= 0.6 is 0 Å². The largest absolute Gasteiger partial charge is 0.389 e. The maximum absolute atomic E-state index is 10.8.